The molecule has 7 nitrogen and oxygen atoms in total. The Labute approximate surface area is 292 Å². The van der Waals surface area contributed by atoms with Crippen molar-refractivity contribution in [3.8, 4) is 11.1 Å². The first-order valence-corrected chi connectivity index (χ1v) is 19.4. The molecule has 4 aromatic carbocycles. The standard InChI is InChI=1S/C32H34O6S5.C2H4.CH2O/c1-31(2,3)27-17-7-21(19-29(27)42(33,34)35)22-8-18-28(30(20-22)43(36,37)38)40-25-11-9-23(10-12-25)39-24-13-15-26(16-14-24)41-32(4,5)6;2*1-2/h7-20H,1-6H3,(H,33,34,35)(H,36,37,38);1-2H2;1H2. The van der Waals surface area contributed by atoms with Crippen molar-refractivity contribution < 1.29 is 30.7 Å². The number of carbonyl (C=O) groups excluding carboxylic acids is 1. The van der Waals surface area contributed by atoms with Gasteiger partial charge in [-0.15, -0.1) is 24.9 Å². The normalized spacial score (nSPS) is 11.9. The van der Waals surface area contributed by atoms with E-state index in [2.05, 4.69) is 58.2 Å². The van der Waals surface area contributed by atoms with Crippen LogP contribution in [0.4, 0.5) is 0 Å². The second kappa shape index (κ2) is 16.5. The molecule has 0 aliphatic heterocycles. The third-order valence-corrected chi connectivity index (χ3v) is 11.3. The summed E-state index contributed by atoms with van der Waals surface area (Å²) in [5, 5.41) is 0. The van der Waals surface area contributed by atoms with E-state index >= 15 is 0 Å². The van der Waals surface area contributed by atoms with Crippen LogP contribution in [0, 0.1) is 0 Å². The molecule has 0 unspecified atom stereocenters. The van der Waals surface area contributed by atoms with Crippen molar-refractivity contribution in [2.75, 3.05) is 0 Å². The topological polar surface area (TPSA) is 126 Å². The van der Waals surface area contributed by atoms with Gasteiger partial charge in [-0.2, -0.15) is 16.8 Å². The summed E-state index contributed by atoms with van der Waals surface area (Å²) in [4.78, 5) is 11.9. The molecule has 0 spiro atoms. The number of hydrogen-bond acceptors (Lipinski definition) is 8. The van der Waals surface area contributed by atoms with Crippen LogP contribution >= 0.6 is 35.3 Å². The van der Waals surface area contributed by atoms with Gasteiger partial charge >= 0.3 is 0 Å². The van der Waals surface area contributed by atoms with Gasteiger partial charge in [-0.3, -0.25) is 9.11 Å². The summed E-state index contributed by atoms with van der Waals surface area (Å²) in [6.45, 7) is 20.0. The summed E-state index contributed by atoms with van der Waals surface area (Å²) in [6.07, 6.45) is 0. The Morgan fingerprint density at radius 2 is 0.936 bits per heavy atom. The summed E-state index contributed by atoms with van der Waals surface area (Å²) in [5.74, 6) is 0. The van der Waals surface area contributed by atoms with Gasteiger partial charge in [0.05, 0.1) is 4.90 Å². The fraction of sp³-hybridized carbons (Fsp3) is 0.229. The van der Waals surface area contributed by atoms with Crippen LogP contribution in [-0.4, -0.2) is 37.5 Å². The summed E-state index contributed by atoms with van der Waals surface area (Å²) in [5.41, 5.74) is 0.627. The largest absolute Gasteiger partial charge is 0.307 e. The van der Waals surface area contributed by atoms with Crippen molar-refractivity contribution in [2.45, 2.75) is 86.0 Å². The quantitative estimate of drug-likeness (QED) is 0.103. The minimum absolute atomic E-state index is 0.141. The molecule has 0 saturated heterocycles. The third kappa shape index (κ3) is 12.0. The van der Waals surface area contributed by atoms with Crippen molar-refractivity contribution in [3.63, 3.8) is 0 Å². The highest BCUT2D eigenvalue weighted by atomic mass is 32.2. The molecule has 47 heavy (non-hydrogen) atoms. The maximum Gasteiger partial charge on any atom is 0.295 e. The molecule has 0 fully saturated rings. The first kappa shape index (κ1) is 40.3. The molecule has 0 aliphatic rings. The van der Waals surface area contributed by atoms with Crippen LogP contribution in [0.1, 0.15) is 47.1 Å². The number of thioether (sulfide) groups is 1. The predicted octanol–water partition coefficient (Wildman–Crippen LogP) is 9.95. The zero-order chi connectivity index (χ0) is 35.8. The molecule has 0 heterocycles. The Kier molecular flexibility index (Phi) is 14.2. The molecule has 0 radical (unpaired) electrons. The van der Waals surface area contributed by atoms with E-state index in [0.717, 1.165) is 14.7 Å². The highest BCUT2D eigenvalue weighted by Crippen LogP contribution is 2.39. The summed E-state index contributed by atoms with van der Waals surface area (Å²) in [7, 11) is -9.15. The molecule has 0 aliphatic carbocycles. The highest BCUT2D eigenvalue weighted by Gasteiger charge is 2.26. The van der Waals surface area contributed by atoms with E-state index in [4.69, 9.17) is 4.79 Å². The van der Waals surface area contributed by atoms with Gasteiger partial charge in [-0.05, 0) is 88.8 Å². The SMILES string of the molecule is C=C.C=O.CC(C)(C)Sc1ccc(Sc2ccc(Sc3ccc(-c4ccc(C(C)(C)C)c(S(=O)(=O)O)c4)cc3S(=O)(=O)O)cc2)cc1. The van der Waals surface area contributed by atoms with Gasteiger partial charge in [-0.1, -0.05) is 83.3 Å². The van der Waals surface area contributed by atoms with Crippen LogP contribution in [0.2, 0.25) is 0 Å². The van der Waals surface area contributed by atoms with Crippen molar-refractivity contribution in [1.29, 1.82) is 0 Å². The van der Waals surface area contributed by atoms with E-state index in [1.165, 1.54) is 28.8 Å². The lowest BCUT2D eigenvalue weighted by atomic mass is 9.86. The van der Waals surface area contributed by atoms with E-state index in [-0.39, 0.29) is 14.5 Å². The monoisotopic (exact) mass is 732 g/mol. The minimum Gasteiger partial charge on any atom is -0.307 e. The van der Waals surface area contributed by atoms with Crippen LogP contribution in [0.15, 0.2) is 132 Å². The summed E-state index contributed by atoms with van der Waals surface area (Å²) >= 11 is 4.64. The van der Waals surface area contributed by atoms with Crippen LogP contribution in [0.5, 0.6) is 0 Å². The third-order valence-electron chi connectivity index (χ3n) is 6.16. The number of hydrogen-bond donors (Lipinski definition) is 2. The van der Waals surface area contributed by atoms with Gasteiger partial charge in [0.15, 0.2) is 0 Å². The van der Waals surface area contributed by atoms with Crippen molar-refractivity contribution in [2.24, 2.45) is 0 Å². The van der Waals surface area contributed by atoms with Crippen molar-refractivity contribution >= 4 is 62.3 Å². The Balaban J connectivity index is 0.00000185. The fourth-order valence-electron chi connectivity index (χ4n) is 4.28. The van der Waals surface area contributed by atoms with Gasteiger partial charge in [0.25, 0.3) is 20.2 Å². The van der Waals surface area contributed by atoms with E-state index in [9.17, 15) is 25.9 Å². The Morgan fingerprint density at radius 3 is 1.34 bits per heavy atom. The molecule has 0 atom stereocenters. The second-order valence-corrected chi connectivity index (χ2v) is 18.9. The fourth-order valence-corrected chi connectivity index (χ4v) is 8.86. The van der Waals surface area contributed by atoms with Gasteiger partial charge in [0.2, 0.25) is 0 Å². The molecular weight excluding hydrogens is 693 g/mol. The van der Waals surface area contributed by atoms with Crippen LogP contribution in [0.25, 0.3) is 11.1 Å². The van der Waals surface area contributed by atoms with E-state index < -0.39 is 25.7 Å². The minimum atomic E-state index is -4.61. The van der Waals surface area contributed by atoms with Gasteiger partial charge in [0.1, 0.15) is 11.7 Å². The van der Waals surface area contributed by atoms with Crippen LogP contribution in [0.3, 0.4) is 0 Å². The summed E-state index contributed by atoms with van der Waals surface area (Å²) in [6, 6.07) is 25.2. The molecule has 0 saturated carbocycles. The molecular formula is C35H40O7S5. The molecule has 0 amide bonds. The second-order valence-electron chi connectivity index (χ2n) is 11.9. The molecule has 4 aromatic rings. The average molecular weight is 733 g/mol. The predicted molar refractivity (Wildman–Crippen MR) is 195 cm³/mol. The van der Waals surface area contributed by atoms with Crippen molar-refractivity contribution in [1.82, 2.24) is 0 Å². The molecule has 0 aromatic heterocycles. The smallest absolute Gasteiger partial charge is 0.295 e. The Hall–Kier alpha value is -2.84. The molecule has 2 N–H and O–H groups in total. The van der Waals surface area contributed by atoms with Gasteiger partial charge in [-0.25, -0.2) is 0 Å². The van der Waals surface area contributed by atoms with Crippen LogP contribution < -0.4 is 0 Å². The number of rotatable bonds is 8. The Bertz CT molecular complexity index is 1870. The lowest BCUT2D eigenvalue weighted by Gasteiger charge is -2.22. The van der Waals surface area contributed by atoms with E-state index in [1.807, 2.05) is 63.6 Å². The summed E-state index contributed by atoms with van der Waals surface area (Å²) < 4.78 is 69.2. The van der Waals surface area contributed by atoms with Crippen LogP contribution in [-0.2, 0) is 30.4 Å². The highest BCUT2D eigenvalue weighted by molar-refractivity contribution is 8.01. The lowest BCUT2D eigenvalue weighted by molar-refractivity contribution is -0.0980. The number of carbonyl (C=O) groups is 1. The number of benzene rings is 4. The molecule has 12 heteroatoms. The maximum absolute atomic E-state index is 12.4. The zero-order valence-corrected chi connectivity index (χ0v) is 31.3. The molecule has 252 valence electrons. The van der Waals surface area contributed by atoms with Crippen molar-refractivity contribution in [3.05, 3.63) is 104 Å². The van der Waals surface area contributed by atoms with Gasteiger partial charge < -0.3 is 4.79 Å². The van der Waals surface area contributed by atoms with Gasteiger partial charge in [0, 0.05) is 29.2 Å². The van der Waals surface area contributed by atoms with E-state index in [0.29, 0.717) is 21.6 Å². The first-order chi connectivity index (χ1) is 21.8. The molecule has 0 bridgehead atoms. The maximum atomic E-state index is 12.4. The zero-order valence-electron chi connectivity index (χ0n) is 27.2. The molecule has 4 rings (SSSR count). The van der Waals surface area contributed by atoms with E-state index in [1.54, 1.807) is 36.0 Å². The lowest BCUT2D eigenvalue weighted by Crippen LogP contribution is -2.16. The first-order valence-electron chi connectivity index (χ1n) is 14.1. The Morgan fingerprint density at radius 1 is 0.553 bits per heavy atom. The average Bonchev–Trinajstić information content (AvgIpc) is 2.99.